The van der Waals surface area contributed by atoms with Gasteiger partial charge in [0.1, 0.15) is 6.10 Å². The molecule has 1 aromatic rings. The van der Waals surface area contributed by atoms with Gasteiger partial charge in [-0.1, -0.05) is 18.1 Å². The number of ether oxygens (including phenoxy) is 1. The number of para-hydroxylation sites is 1. The van der Waals surface area contributed by atoms with Crippen molar-refractivity contribution in [3.63, 3.8) is 0 Å². The Hall–Kier alpha value is -2.22. The zero-order chi connectivity index (χ0) is 13.4. The monoisotopic (exact) mass is 250 g/mol. The molecule has 0 unspecified atom stereocenters. The summed E-state index contributed by atoms with van der Waals surface area (Å²) in [6.07, 6.45) is 4.64. The molecule has 0 aromatic heterocycles. The van der Waals surface area contributed by atoms with E-state index < -0.39 is 5.82 Å². The van der Waals surface area contributed by atoms with E-state index in [1.165, 1.54) is 12.1 Å². The Morgan fingerprint density at radius 2 is 2.22 bits per heavy atom. The maximum atomic E-state index is 13.3. The van der Waals surface area contributed by atoms with Crippen LogP contribution in [0, 0.1) is 18.2 Å². The second kappa shape index (κ2) is 7.17. The van der Waals surface area contributed by atoms with Gasteiger partial charge in [0.25, 0.3) is 0 Å². The van der Waals surface area contributed by atoms with Crippen LogP contribution in [0.1, 0.15) is 6.92 Å². The first kappa shape index (κ1) is 13.8. The van der Waals surface area contributed by atoms with Crippen LogP contribution in [0.3, 0.4) is 0 Å². The number of carbonyl (C=O) groups is 1. The lowest BCUT2D eigenvalue weighted by Gasteiger charge is -2.15. The highest BCUT2D eigenvalue weighted by Crippen LogP contribution is 2.16. The molecule has 0 fully saturated rings. The Balaban J connectivity index is 2.34. The van der Waals surface area contributed by atoms with Gasteiger partial charge in [-0.25, -0.2) is 9.18 Å². The number of benzene rings is 1. The number of hydrogen-bond acceptors (Lipinski definition) is 2. The Bertz CT molecular complexity index is 443. The fourth-order valence-electron chi connectivity index (χ4n) is 1.23. The van der Waals surface area contributed by atoms with Gasteiger partial charge in [-0.3, -0.25) is 0 Å². The minimum atomic E-state index is -0.430. The van der Waals surface area contributed by atoms with Crippen molar-refractivity contribution in [2.75, 3.05) is 13.1 Å². The SMILES string of the molecule is C#CCNC(=O)NC[C@@H](C)Oc1ccccc1F. The molecule has 0 spiro atoms. The van der Waals surface area contributed by atoms with Crippen LogP contribution in [0.5, 0.6) is 5.75 Å². The van der Waals surface area contributed by atoms with Crippen molar-refractivity contribution in [2.45, 2.75) is 13.0 Å². The Kier molecular flexibility index (Phi) is 5.52. The Morgan fingerprint density at radius 1 is 1.50 bits per heavy atom. The molecule has 4 nitrogen and oxygen atoms in total. The van der Waals surface area contributed by atoms with Gasteiger partial charge < -0.3 is 15.4 Å². The van der Waals surface area contributed by atoms with Crippen molar-refractivity contribution in [1.29, 1.82) is 0 Å². The number of terminal acetylenes is 1. The van der Waals surface area contributed by atoms with E-state index in [2.05, 4.69) is 16.6 Å². The maximum absolute atomic E-state index is 13.3. The summed E-state index contributed by atoms with van der Waals surface area (Å²) in [4.78, 5) is 11.2. The van der Waals surface area contributed by atoms with Gasteiger partial charge in [-0.2, -0.15) is 0 Å². The number of amides is 2. The largest absolute Gasteiger partial charge is 0.486 e. The molecule has 18 heavy (non-hydrogen) atoms. The van der Waals surface area contributed by atoms with Crippen LogP contribution in [0.2, 0.25) is 0 Å². The highest BCUT2D eigenvalue weighted by molar-refractivity contribution is 5.74. The molecule has 0 heterocycles. The highest BCUT2D eigenvalue weighted by atomic mass is 19.1. The summed E-state index contributed by atoms with van der Waals surface area (Å²) < 4.78 is 18.6. The molecular formula is C13H15FN2O2. The van der Waals surface area contributed by atoms with Gasteiger partial charge >= 0.3 is 6.03 Å². The van der Waals surface area contributed by atoms with Gasteiger partial charge in [0, 0.05) is 0 Å². The Labute approximate surface area is 106 Å². The lowest BCUT2D eigenvalue weighted by Crippen LogP contribution is -2.40. The fraction of sp³-hybridized carbons (Fsp3) is 0.308. The maximum Gasteiger partial charge on any atom is 0.315 e. The van der Waals surface area contributed by atoms with Gasteiger partial charge in [0.05, 0.1) is 13.1 Å². The molecule has 1 aromatic carbocycles. The summed E-state index contributed by atoms with van der Waals surface area (Å²) in [5.41, 5.74) is 0. The van der Waals surface area contributed by atoms with Crippen LogP contribution in [-0.2, 0) is 0 Å². The van der Waals surface area contributed by atoms with Gasteiger partial charge in [-0.05, 0) is 19.1 Å². The standard InChI is InChI=1S/C13H15FN2O2/c1-3-8-15-13(17)16-9-10(2)18-12-7-5-4-6-11(12)14/h1,4-7,10H,8-9H2,2H3,(H2,15,16,17)/t10-/m1/s1. The van der Waals surface area contributed by atoms with E-state index in [9.17, 15) is 9.18 Å². The molecule has 0 aliphatic rings. The molecule has 0 saturated carbocycles. The van der Waals surface area contributed by atoms with Crippen molar-refractivity contribution < 1.29 is 13.9 Å². The van der Waals surface area contributed by atoms with Crippen molar-refractivity contribution in [2.24, 2.45) is 0 Å². The molecule has 5 heteroatoms. The molecular weight excluding hydrogens is 235 g/mol. The number of hydrogen-bond donors (Lipinski definition) is 2. The third-order valence-corrected chi connectivity index (χ3v) is 2.07. The molecule has 2 amide bonds. The van der Waals surface area contributed by atoms with E-state index in [1.807, 2.05) is 0 Å². The average molecular weight is 250 g/mol. The summed E-state index contributed by atoms with van der Waals surface area (Å²) in [6, 6.07) is 5.73. The molecule has 0 saturated heterocycles. The van der Waals surface area contributed by atoms with Crippen LogP contribution in [-0.4, -0.2) is 25.2 Å². The summed E-state index contributed by atoms with van der Waals surface area (Å²) in [5, 5.41) is 5.01. The summed E-state index contributed by atoms with van der Waals surface area (Å²) in [6.45, 7) is 2.15. The molecule has 96 valence electrons. The number of halogens is 1. The molecule has 0 aliphatic carbocycles. The van der Waals surface area contributed by atoms with E-state index in [4.69, 9.17) is 11.2 Å². The van der Waals surface area contributed by atoms with Gasteiger partial charge in [0.2, 0.25) is 0 Å². The first-order chi connectivity index (χ1) is 8.63. The number of carbonyl (C=O) groups excluding carboxylic acids is 1. The highest BCUT2D eigenvalue weighted by Gasteiger charge is 2.08. The minimum Gasteiger partial charge on any atom is -0.486 e. The van der Waals surface area contributed by atoms with Crippen LogP contribution in [0.4, 0.5) is 9.18 Å². The summed E-state index contributed by atoms with van der Waals surface area (Å²) >= 11 is 0. The van der Waals surface area contributed by atoms with E-state index in [0.717, 1.165) is 0 Å². The van der Waals surface area contributed by atoms with E-state index in [-0.39, 0.29) is 31.0 Å². The predicted octanol–water partition coefficient (Wildman–Crippen LogP) is 1.53. The number of urea groups is 1. The predicted molar refractivity (Wildman–Crippen MR) is 66.7 cm³/mol. The molecule has 1 atom stereocenters. The first-order valence-electron chi connectivity index (χ1n) is 5.50. The van der Waals surface area contributed by atoms with Crippen molar-refractivity contribution >= 4 is 6.03 Å². The van der Waals surface area contributed by atoms with Crippen LogP contribution in [0.25, 0.3) is 0 Å². The van der Waals surface area contributed by atoms with Gasteiger partial charge in [-0.15, -0.1) is 6.42 Å². The molecule has 1 rings (SSSR count). The first-order valence-corrected chi connectivity index (χ1v) is 5.50. The zero-order valence-corrected chi connectivity index (χ0v) is 10.1. The topological polar surface area (TPSA) is 50.4 Å². The molecule has 0 radical (unpaired) electrons. The third-order valence-electron chi connectivity index (χ3n) is 2.07. The third kappa shape index (κ3) is 4.74. The smallest absolute Gasteiger partial charge is 0.315 e. The second-order valence-corrected chi connectivity index (χ2v) is 3.63. The summed E-state index contributed by atoms with van der Waals surface area (Å²) in [7, 11) is 0. The normalized spacial score (nSPS) is 11.2. The average Bonchev–Trinajstić information content (AvgIpc) is 2.36. The van der Waals surface area contributed by atoms with Crippen LogP contribution in [0.15, 0.2) is 24.3 Å². The van der Waals surface area contributed by atoms with Crippen molar-refractivity contribution in [1.82, 2.24) is 10.6 Å². The lowest BCUT2D eigenvalue weighted by atomic mass is 10.3. The van der Waals surface area contributed by atoms with E-state index in [1.54, 1.807) is 19.1 Å². The Morgan fingerprint density at radius 3 is 2.89 bits per heavy atom. The van der Waals surface area contributed by atoms with Crippen molar-refractivity contribution in [3.05, 3.63) is 30.1 Å². The van der Waals surface area contributed by atoms with Crippen molar-refractivity contribution in [3.8, 4) is 18.1 Å². The van der Waals surface area contributed by atoms with Crippen LogP contribution >= 0.6 is 0 Å². The van der Waals surface area contributed by atoms with E-state index in [0.29, 0.717) is 0 Å². The van der Waals surface area contributed by atoms with Gasteiger partial charge in [0.15, 0.2) is 11.6 Å². The molecule has 2 N–H and O–H groups in total. The number of nitrogens with one attached hydrogen (secondary N) is 2. The number of rotatable bonds is 5. The molecule has 0 aliphatic heterocycles. The van der Waals surface area contributed by atoms with Crippen LogP contribution < -0.4 is 15.4 Å². The summed E-state index contributed by atoms with van der Waals surface area (Å²) in [5.74, 6) is 2.01. The lowest BCUT2D eigenvalue weighted by molar-refractivity contribution is 0.201. The minimum absolute atomic E-state index is 0.161. The van der Waals surface area contributed by atoms with E-state index >= 15 is 0 Å². The second-order valence-electron chi connectivity index (χ2n) is 3.63. The molecule has 0 bridgehead atoms. The zero-order valence-electron chi connectivity index (χ0n) is 10.1. The quantitative estimate of drug-likeness (QED) is 0.778. The fourth-order valence-corrected chi connectivity index (χ4v) is 1.23.